The first-order valence-electron chi connectivity index (χ1n) is 4.42. The number of hydrogen-bond acceptors (Lipinski definition) is 4. The molecular formula is C8H13N5O. The third-order valence-electron chi connectivity index (χ3n) is 1.53. The molecule has 2 aromatic rings. The van der Waals surface area contributed by atoms with Gasteiger partial charge in [0, 0.05) is 7.05 Å². The Bertz CT molecular complexity index is 458. The van der Waals surface area contributed by atoms with Gasteiger partial charge in [-0.25, -0.2) is 4.98 Å². The normalized spacial score (nSPS) is 9.36. The molecule has 0 aliphatic carbocycles. The van der Waals surface area contributed by atoms with Crippen LogP contribution >= 0.6 is 0 Å². The summed E-state index contributed by atoms with van der Waals surface area (Å²) in [5.41, 5.74) is 0.596. The number of aromatic amines is 2. The molecule has 0 saturated carbocycles. The third kappa shape index (κ3) is 1.73. The van der Waals surface area contributed by atoms with E-state index in [0.717, 1.165) is 0 Å². The smallest absolute Gasteiger partial charge is 0.278 e. The van der Waals surface area contributed by atoms with E-state index in [2.05, 4.69) is 25.3 Å². The molecule has 0 bridgehead atoms. The quantitative estimate of drug-likeness (QED) is 0.625. The van der Waals surface area contributed by atoms with Crippen molar-refractivity contribution in [1.29, 1.82) is 0 Å². The van der Waals surface area contributed by atoms with Crippen molar-refractivity contribution >= 4 is 17.1 Å². The lowest BCUT2D eigenvalue weighted by Crippen LogP contribution is -2.11. The largest absolute Gasteiger partial charge is 0.359 e. The van der Waals surface area contributed by atoms with Gasteiger partial charge in [0.25, 0.3) is 5.56 Å². The molecule has 14 heavy (non-hydrogen) atoms. The molecule has 0 saturated heterocycles. The Morgan fingerprint density at radius 2 is 2.14 bits per heavy atom. The Hall–Kier alpha value is -1.85. The van der Waals surface area contributed by atoms with Crippen LogP contribution < -0.4 is 10.9 Å². The van der Waals surface area contributed by atoms with Crippen LogP contribution in [0.3, 0.4) is 0 Å². The molecule has 0 aliphatic rings. The highest BCUT2D eigenvalue weighted by molar-refractivity contribution is 5.69. The molecule has 0 radical (unpaired) electrons. The van der Waals surface area contributed by atoms with Crippen molar-refractivity contribution in [3.8, 4) is 0 Å². The highest BCUT2D eigenvalue weighted by Crippen LogP contribution is 2.00. The van der Waals surface area contributed by atoms with Gasteiger partial charge in [0.1, 0.15) is 0 Å². The van der Waals surface area contributed by atoms with E-state index < -0.39 is 0 Å². The fourth-order valence-corrected chi connectivity index (χ4v) is 0.961. The summed E-state index contributed by atoms with van der Waals surface area (Å²) in [4.78, 5) is 24.3. The molecule has 0 atom stereocenters. The molecule has 0 amide bonds. The SMILES string of the molecule is CC.CNc1nc2nc[nH]c2c(=O)[nH]1. The third-order valence-corrected chi connectivity index (χ3v) is 1.53. The van der Waals surface area contributed by atoms with Crippen LogP contribution in [0.5, 0.6) is 0 Å². The van der Waals surface area contributed by atoms with Gasteiger partial charge in [0.05, 0.1) is 6.33 Å². The first kappa shape index (κ1) is 10.2. The van der Waals surface area contributed by atoms with Crippen LogP contribution in [0, 0.1) is 0 Å². The van der Waals surface area contributed by atoms with Gasteiger partial charge in [-0.2, -0.15) is 4.98 Å². The standard InChI is InChI=1S/C6H7N5O.C2H6/c1-7-6-10-4-3(5(12)11-6)8-2-9-4;1-2/h2H,1H3,(H3,7,8,9,10,11,12);1-2H3. The zero-order valence-corrected chi connectivity index (χ0v) is 8.38. The fourth-order valence-electron chi connectivity index (χ4n) is 0.961. The maximum atomic E-state index is 11.2. The highest BCUT2D eigenvalue weighted by Gasteiger charge is 2.03. The van der Waals surface area contributed by atoms with Crippen molar-refractivity contribution in [1.82, 2.24) is 19.9 Å². The Morgan fingerprint density at radius 1 is 1.43 bits per heavy atom. The predicted octanol–water partition coefficient (Wildman–Crippen LogP) is 0.714. The molecular weight excluding hydrogens is 182 g/mol. The van der Waals surface area contributed by atoms with E-state index in [0.29, 0.717) is 17.1 Å². The highest BCUT2D eigenvalue weighted by atomic mass is 16.1. The van der Waals surface area contributed by atoms with Gasteiger partial charge in [-0.3, -0.25) is 9.78 Å². The summed E-state index contributed by atoms with van der Waals surface area (Å²) < 4.78 is 0. The fraction of sp³-hybridized carbons (Fsp3) is 0.375. The predicted molar refractivity (Wildman–Crippen MR) is 55.4 cm³/mol. The van der Waals surface area contributed by atoms with E-state index in [1.807, 2.05) is 13.8 Å². The first-order chi connectivity index (χ1) is 6.81. The van der Waals surface area contributed by atoms with Crippen LogP contribution in [-0.4, -0.2) is 27.0 Å². The Kier molecular flexibility index (Phi) is 3.22. The Morgan fingerprint density at radius 3 is 2.79 bits per heavy atom. The van der Waals surface area contributed by atoms with E-state index in [4.69, 9.17) is 0 Å². The van der Waals surface area contributed by atoms with E-state index in [1.165, 1.54) is 6.33 Å². The van der Waals surface area contributed by atoms with E-state index in [-0.39, 0.29) is 5.56 Å². The number of H-pyrrole nitrogens is 2. The number of fused-ring (bicyclic) bond motifs is 1. The van der Waals surface area contributed by atoms with Crippen LogP contribution in [0.25, 0.3) is 11.2 Å². The molecule has 0 aliphatic heterocycles. The lowest BCUT2D eigenvalue weighted by Gasteiger charge is -1.95. The number of rotatable bonds is 1. The van der Waals surface area contributed by atoms with Gasteiger partial charge >= 0.3 is 0 Å². The summed E-state index contributed by atoms with van der Waals surface area (Å²) in [6, 6.07) is 0. The second-order valence-electron chi connectivity index (χ2n) is 2.27. The molecule has 3 N–H and O–H groups in total. The zero-order chi connectivity index (χ0) is 10.6. The molecule has 0 spiro atoms. The average Bonchev–Trinajstić information content (AvgIpc) is 2.69. The molecule has 6 nitrogen and oxygen atoms in total. The topological polar surface area (TPSA) is 86.5 Å². The van der Waals surface area contributed by atoms with Crippen molar-refractivity contribution in [3.05, 3.63) is 16.7 Å². The second kappa shape index (κ2) is 4.40. The summed E-state index contributed by atoms with van der Waals surface area (Å²) in [5.74, 6) is 0.416. The molecule has 0 aromatic carbocycles. The molecule has 0 fully saturated rings. The Labute approximate surface area is 80.8 Å². The van der Waals surface area contributed by atoms with Gasteiger partial charge in [-0.15, -0.1) is 0 Å². The molecule has 2 heterocycles. The molecule has 2 rings (SSSR count). The summed E-state index contributed by atoms with van der Waals surface area (Å²) in [5, 5.41) is 2.73. The number of anilines is 1. The van der Waals surface area contributed by atoms with Crippen LogP contribution in [0.2, 0.25) is 0 Å². The second-order valence-corrected chi connectivity index (χ2v) is 2.27. The van der Waals surface area contributed by atoms with Crippen molar-refractivity contribution in [2.75, 3.05) is 12.4 Å². The minimum atomic E-state index is -0.221. The van der Waals surface area contributed by atoms with E-state index in [9.17, 15) is 4.79 Å². The van der Waals surface area contributed by atoms with E-state index >= 15 is 0 Å². The van der Waals surface area contributed by atoms with Crippen molar-refractivity contribution in [2.45, 2.75) is 13.8 Å². The lowest BCUT2D eigenvalue weighted by molar-refractivity contribution is 1.14. The number of nitrogens with zero attached hydrogens (tertiary/aromatic N) is 2. The van der Waals surface area contributed by atoms with Gasteiger partial charge in [0.2, 0.25) is 5.95 Å². The van der Waals surface area contributed by atoms with Crippen LogP contribution in [0.15, 0.2) is 11.1 Å². The van der Waals surface area contributed by atoms with Crippen LogP contribution in [0.1, 0.15) is 13.8 Å². The minimum absolute atomic E-state index is 0.221. The number of imidazole rings is 1. The summed E-state index contributed by atoms with van der Waals surface area (Å²) in [7, 11) is 1.68. The number of hydrogen-bond donors (Lipinski definition) is 3. The van der Waals surface area contributed by atoms with Crippen LogP contribution in [0.4, 0.5) is 5.95 Å². The molecule has 2 aromatic heterocycles. The van der Waals surface area contributed by atoms with Crippen molar-refractivity contribution in [2.24, 2.45) is 0 Å². The van der Waals surface area contributed by atoms with Gasteiger partial charge in [0.15, 0.2) is 11.2 Å². The summed E-state index contributed by atoms with van der Waals surface area (Å²) >= 11 is 0. The first-order valence-corrected chi connectivity index (χ1v) is 4.42. The summed E-state index contributed by atoms with van der Waals surface area (Å²) in [6.07, 6.45) is 1.44. The monoisotopic (exact) mass is 195 g/mol. The lowest BCUT2D eigenvalue weighted by atomic mass is 10.5. The number of aromatic nitrogens is 4. The Balaban J connectivity index is 0.000000461. The number of nitrogens with one attached hydrogen (secondary N) is 3. The molecule has 6 heteroatoms. The van der Waals surface area contributed by atoms with Crippen LogP contribution in [-0.2, 0) is 0 Å². The van der Waals surface area contributed by atoms with E-state index in [1.54, 1.807) is 7.05 Å². The minimum Gasteiger partial charge on any atom is -0.359 e. The van der Waals surface area contributed by atoms with Gasteiger partial charge < -0.3 is 10.3 Å². The van der Waals surface area contributed by atoms with Gasteiger partial charge in [-0.1, -0.05) is 13.8 Å². The van der Waals surface area contributed by atoms with Gasteiger partial charge in [-0.05, 0) is 0 Å². The maximum absolute atomic E-state index is 11.2. The molecule has 76 valence electrons. The maximum Gasteiger partial charge on any atom is 0.278 e. The van der Waals surface area contributed by atoms with Crippen molar-refractivity contribution in [3.63, 3.8) is 0 Å². The summed E-state index contributed by atoms with van der Waals surface area (Å²) in [6.45, 7) is 4.00. The zero-order valence-electron chi connectivity index (χ0n) is 8.38. The average molecular weight is 195 g/mol. The molecule has 0 unspecified atom stereocenters. The van der Waals surface area contributed by atoms with Crippen molar-refractivity contribution < 1.29 is 0 Å².